The lowest BCUT2D eigenvalue weighted by atomic mass is 9.91. The summed E-state index contributed by atoms with van der Waals surface area (Å²) in [5.74, 6) is 0.716. The Morgan fingerprint density at radius 3 is 2.30 bits per heavy atom. The predicted molar refractivity (Wildman–Crippen MR) is 132 cm³/mol. The normalized spacial score (nSPS) is 18.2. The highest BCUT2D eigenvalue weighted by atomic mass is 16.6. The highest BCUT2D eigenvalue weighted by Gasteiger charge is 2.39. The van der Waals surface area contributed by atoms with Crippen molar-refractivity contribution < 1.29 is 14.4 Å². The Kier molecular flexibility index (Phi) is 11.4. The molecular weight excluding hydrogens is 412 g/mol. The Morgan fingerprint density at radius 1 is 0.909 bits per heavy atom. The van der Waals surface area contributed by atoms with E-state index in [9.17, 15) is 4.79 Å². The topological polar surface area (TPSA) is 50.8 Å². The maximum absolute atomic E-state index is 13.1. The molecule has 3 rings (SSSR count). The highest BCUT2D eigenvalue weighted by molar-refractivity contribution is 5.81. The van der Waals surface area contributed by atoms with Gasteiger partial charge in [0.15, 0.2) is 0 Å². The molecule has 5 nitrogen and oxygen atoms in total. The van der Waals surface area contributed by atoms with Crippen LogP contribution in [0.25, 0.3) is 0 Å². The molecule has 0 bridgehead atoms. The molecule has 1 fully saturated rings. The van der Waals surface area contributed by atoms with Crippen LogP contribution in [0.4, 0.5) is 0 Å². The molecular formula is C28H40N2O3. The van der Waals surface area contributed by atoms with E-state index in [4.69, 9.17) is 9.57 Å². The van der Waals surface area contributed by atoms with Crippen molar-refractivity contribution in [3.8, 4) is 0 Å². The monoisotopic (exact) mass is 452 g/mol. The Hall–Kier alpha value is -2.21. The number of carbonyl (C=O) groups excluding carboxylic acids is 1. The zero-order valence-corrected chi connectivity index (χ0v) is 20.1. The van der Waals surface area contributed by atoms with E-state index in [-0.39, 0.29) is 11.8 Å². The zero-order chi connectivity index (χ0) is 23.1. The molecule has 0 radical (unpaired) electrons. The first-order chi connectivity index (χ1) is 16.3. The second kappa shape index (κ2) is 14.8. The number of hydroxylamine groups is 1. The molecule has 1 aliphatic heterocycles. The van der Waals surface area contributed by atoms with Gasteiger partial charge in [-0.25, -0.2) is 5.48 Å². The van der Waals surface area contributed by atoms with Crippen molar-refractivity contribution in [3.05, 3.63) is 71.8 Å². The fourth-order valence-corrected chi connectivity index (χ4v) is 4.46. The second-order valence-electron chi connectivity index (χ2n) is 9.01. The van der Waals surface area contributed by atoms with E-state index in [1.165, 1.54) is 18.4 Å². The minimum absolute atomic E-state index is 0.0153. The first-order valence-corrected chi connectivity index (χ1v) is 12.6. The number of hydrogen-bond donors (Lipinski definition) is 1. The standard InChI is InChI=1S/C28H40N2O3/c1-2-3-17-26-21-30(18-11-6-12-19-32-22-24-13-7-4-8-14-24)28(31)27(26)20-29-33-23-25-15-9-5-10-16-25/h4-5,7-10,13-16,26-27,29H,2-3,6,11-12,17-23H2,1H3/t26-,27+/m0/s1. The van der Waals surface area contributed by atoms with Crippen LogP contribution in [0, 0.1) is 11.8 Å². The van der Waals surface area contributed by atoms with Crippen molar-refractivity contribution in [2.75, 3.05) is 26.2 Å². The SMILES string of the molecule is CCCC[C@H]1CN(CCCCCOCc2ccccc2)C(=O)[C@@H]1CNOCc1ccccc1. The first kappa shape index (κ1) is 25.4. The maximum atomic E-state index is 13.1. The van der Waals surface area contributed by atoms with E-state index >= 15 is 0 Å². The number of amides is 1. The number of nitrogens with one attached hydrogen (secondary N) is 1. The Labute approximate surface area is 199 Å². The van der Waals surface area contributed by atoms with Gasteiger partial charge in [-0.15, -0.1) is 0 Å². The van der Waals surface area contributed by atoms with Gasteiger partial charge in [-0.3, -0.25) is 9.63 Å². The van der Waals surface area contributed by atoms with E-state index in [2.05, 4.69) is 29.4 Å². The number of rotatable bonds is 16. The number of nitrogens with zero attached hydrogens (tertiary/aromatic N) is 1. The van der Waals surface area contributed by atoms with Crippen LogP contribution in [0.2, 0.25) is 0 Å². The molecule has 180 valence electrons. The summed E-state index contributed by atoms with van der Waals surface area (Å²) in [4.78, 5) is 20.8. The molecule has 1 N–H and O–H groups in total. The van der Waals surface area contributed by atoms with Gasteiger partial charge < -0.3 is 9.64 Å². The summed E-state index contributed by atoms with van der Waals surface area (Å²) >= 11 is 0. The number of hydrogen-bond acceptors (Lipinski definition) is 4. The lowest BCUT2D eigenvalue weighted by molar-refractivity contribution is -0.132. The van der Waals surface area contributed by atoms with E-state index in [0.717, 1.165) is 50.9 Å². The Morgan fingerprint density at radius 2 is 1.61 bits per heavy atom. The van der Waals surface area contributed by atoms with Crippen molar-refractivity contribution in [2.45, 2.75) is 58.7 Å². The van der Waals surface area contributed by atoms with Crippen LogP contribution in [-0.2, 0) is 27.6 Å². The molecule has 1 heterocycles. The summed E-state index contributed by atoms with van der Waals surface area (Å²) in [5, 5.41) is 0. The zero-order valence-electron chi connectivity index (χ0n) is 20.1. The lowest BCUT2D eigenvalue weighted by Crippen LogP contribution is -2.33. The van der Waals surface area contributed by atoms with Gasteiger partial charge >= 0.3 is 0 Å². The third-order valence-corrected chi connectivity index (χ3v) is 6.40. The summed E-state index contributed by atoms with van der Waals surface area (Å²) in [6.07, 6.45) is 6.60. The van der Waals surface area contributed by atoms with Crippen LogP contribution >= 0.6 is 0 Å². The predicted octanol–water partition coefficient (Wildman–Crippen LogP) is 5.36. The van der Waals surface area contributed by atoms with Crippen molar-refractivity contribution in [1.82, 2.24) is 10.4 Å². The summed E-state index contributed by atoms with van der Waals surface area (Å²) in [6, 6.07) is 20.4. The summed E-state index contributed by atoms with van der Waals surface area (Å²) in [6.45, 7) is 6.49. The third kappa shape index (κ3) is 8.92. The number of unbranched alkanes of at least 4 members (excludes halogenated alkanes) is 3. The van der Waals surface area contributed by atoms with Crippen molar-refractivity contribution in [2.24, 2.45) is 11.8 Å². The van der Waals surface area contributed by atoms with E-state index in [1.807, 2.05) is 48.5 Å². The fourth-order valence-electron chi connectivity index (χ4n) is 4.46. The molecule has 2 aromatic rings. The molecule has 5 heteroatoms. The molecule has 2 atom stereocenters. The van der Waals surface area contributed by atoms with Gasteiger partial charge in [-0.1, -0.05) is 80.4 Å². The Bertz CT molecular complexity index is 784. The van der Waals surface area contributed by atoms with Gasteiger partial charge in [0.1, 0.15) is 0 Å². The van der Waals surface area contributed by atoms with Gasteiger partial charge in [0.2, 0.25) is 5.91 Å². The van der Waals surface area contributed by atoms with Crippen LogP contribution in [0.3, 0.4) is 0 Å². The lowest BCUT2D eigenvalue weighted by Gasteiger charge is -2.17. The van der Waals surface area contributed by atoms with Crippen LogP contribution in [0.5, 0.6) is 0 Å². The summed E-state index contributed by atoms with van der Waals surface area (Å²) in [7, 11) is 0. The number of ether oxygens (including phenoxy) is 1. The van der Waals surface area contributed by atoms with Crippen molar-refractivity contribution >= 4 is 5.91 Å². The average Bonchev–Trinajstić information content (AvgIpc) is 3.15. The minimum Gasteiger partial charge on any atom is -0.377 e. The molecule has 0 spiro atoms. The number of carbonyl (C=O) groups is 1. The molecule has 1 aliphatic rings. The van der Waals surface area contributed by atoms with Crippen LogP contribution in [-0.4, -0.2) is 37.0 Å². The third-order valence-electron chi connectivity index (χ3n) is 6.40. The van der Waals surface area contributed by atoms with Crippen LogP contribution < -0.4 is 5.48 Å². The first-order valence-electron chi connectivity index (χ1n) is 12.6. The van der Waals surface area contributed by atoms with E-state index in [0.29, 0.717) is 25.7 Å². The number of likely N-dealkylation sites (tertiary alicyclic amines) is 1. The van der Waals surface area contributed by atoms with Gasteiger partial charge in [0.05, 0.1) is 19.1 Å². The summed E-state index contributed by atoms with van der Waals surface area (Å²) < 4.78 is 5.78. The van der Waals surface area contributed by atoms with E-state index < -0.39 is 0 Å². The van der Waals surface area contributed by atoms with Crippen LogP contribution in [0.15, 0.2) is 60.7 Å². The fraction of sp³-hybridized carbons (Fsp3) is 0.536. The second-order valence-corrected chi connectivity index (χ2v) is 9.01. The molecule has 1 amide bonds. The van der Waals surface area contributed by atoms with Gasteiger partial charge in [0.25, 0.3) is 0 Å². The highest BCUT2D eigenvalue weighted by Crippen LogP contribution is 2.29. The van der Waals surface area contributed by atoms with Gasteiger partial charge in [-0.2, -0.15) is 0 Å². The Balaban J connectivity index is 1.33. The molecule has 33 heavy (non-hydrogen) atoms. The van der Waals surface area contributed by atoms with Gasteiger partial charge in [0, 0.05) is 26.2 Å². The minimum atomic E-state index is 0.0153. The summed E-state index contributed by atoms with van der Waals surface area (Å²) in [5.41, 5.74) is 5.41. The molecule has 0 unspecified atom stereocenters. The molecule has 0 aromatic heterocycles. The average molecular weight is 453 g/mol. The van der Waals surface area contributed by atoms with E-state index in [1.54, 1.807) is 0 Å². The molecule has 0 saturated carbocycles. The number of benzene rings is 2. The molecule has 2 aromatic carbocycles. The molecule has 0 aliphatic carbocycles. The molecule has 1 saturated heterocycles. The van der Waals surface area contributed by atoms with Crippen molar-refractivity contribution in [1.29, 1.82) is 0 Å². The van der Waals surface area contributed by atoms with Gasteiger partial charge in [-0.05, 0) is 42.7 Å². The maximum Gasteiger partial charge on any atom is 0.227 e. The smallest absolute Gasteiger partial charge is 0.227 e. The quantitative estimate of drug-likeness (QED) is 0.275. The van der Waals surface area contributed by atoms with Crippen molar-refractivity contribution in [3.63, 3.8) is 0 Å². The van der Waals surface area contributed by atoms with Crippen LogP contribution in [0.1, 0.15) is 56.6 Å². The largest absolute Gasteiger partial charge is 0.377 e.